The van der Waals surface area contributed by atoms with Crippen molar-refractivity contribution >= 4 is 38.4 Å². The average Bonchev–Trinajstić information content (AvgIpc) is 3.03. The molecule has 1 N–H and O–H groups in total. The lowest BCUT2D eigenvalue weighted by atomic mass is 10.1. The summed E-state index contributed by atoms with van der Waals surface area (Å²) in [6, 6.07) is 6.10. The average molecular weight is 308 g/mol. The molecule has 0 radical (unpaired) electrons. The summed E-state index contributed by atoms with van der Waals surface area (Å²) in [5.74, 6) is 2.21. The van der Waals surface area contributed by atoms with E-state index in [2.05, 4.69) is 35.1 Å². The second-order valence-electron chi connectivity index (χ2n) is 5.34. The Labute approximate surface area is 128 Å². The fraction of sp³-hybridized carbons (Fsp3) is 0.533. The van der Waals surface area contributed by atoms with Gasteiger partial charge in [-0.3, -0.25) is 0 Å². The highest BCUT2D eigenvalue weighted by molar-refractivity contribution is 8.00. The first-order valence-electron chi connectivity index (χ1n) is 7.10. The van der Waals surface area contributed by atoms with Crippen LogP contribution in [0.15, 0.2) is 18.2 Å². The smallest absolute Gasteiger partial charge is 0.183 e. The maximum absolute atomic E-state index is 5.54. The number of benzene rings is 1. The van der Waals surface area contributed by atoms with Crippen molar-refractivity contribution in [3.8, 4) is 5.75 Å². The monoisotopic (exact) mass is 308 g/mol. The van der Waals surface area contributed by atoms with E-state index in [1.165, 1.54) is 23.3 Å². The van der Waals surface area contributed by atoms with Crippen molar-refractivity contribution in [3.05, 3.63) is 18.2 Å². The minimum absolute atomic E-state index is 0.369. The molecule has 108 valence electrons. The molecule has 3 nitrogen and oxygen atoms in total. The van der Waals surface area contributed by atoms with E-state index in [4.69, 9.17) is 4.74 Å². The summed E-state index contributed by atoms with van der Waals surface area (Å²) in [6.45, 7) is 6.04. The molecule has 20 heavy (non-hydrogen) atoms. The molecule has 1 atom stereocenters. The van der Waals surface area contributed by atoms with Crippen molar-refractivity contribution in [2.24, 2.45) is 0 Å². The second-order valence-corrected chi connectivity index (χ2v) is 8.05. The lowest BCUT2D eigenvalue weighted by Crippen LogP contribution is -2.26. The molecule has 1 aliphatic heterocycles. The molecule has 0 aliphatic carbocycles. The lowest BCUT2D eigenvalue weighted by molar-refractivity contribution is 0.341. The molecule has 1 saturated heterocycles. The normalized spacial score (nSPS) is 22.3. The molecule has 1 fully saturated rings. The Hall–Kier alpha value is -0.940. The molecule has 2 aromatic rings. The van der Waals surface area contributed by atoms with Gasteiger partial charge in [-0.05, 0) is 50.6 Å². The number of aromatic nitrogens is 1. The molecular weight excluding hydrogens is 288 g/mol. The van der Waals surface area contributed by atoms with Crippen molar-refractivity contribution in [2.45, 2.75) is 31.4 Å². The van der Waals surface area contributed by atoms with E-state index in [0.29, 0.717) is 11.4 Å². The Balaban J connectivity index is 1.72. The van der Waals surface area contributed by atoms with Crippen LogP contribution in [0.3, 0.4) is 0 Å². The van der Waals surface area contributed by atoms with Gasteiger partial charge in [-0.1, -0.05) is 11.3 Å². The topological polar surface area (TPSA) is 34.1 Å². The van der Waals surface area contributed by atoms with Crippen LogP contribution in [-0.2, 0) is 0 Å². The van der Waals surface area contributed by atoms with Crippen LogP contribution in [0.5, 0.6) is 5.75 Å². The maximum Gasteiger partial charge on any atom is 0.183 e. The fourth-order valence-electron chi connectivity index (χ4n) is 2.48. The van der Waals surface area contributed by atoms with Crippen LogP contribution in [-0.4, -0.2) is 28.6 Å². The van der Waals surface area contributed by atoms with Crippen molar-refractivity contribution in [1.29, 1.82) is 0 Å². The van der Waals surface area contributed by atoms with Gasteiger partial charge in [0.25, 0.3) is 0 Å². The minimum atomic E-state index is 0.369. The Morgan fingerprint density at radius 1 is 1.45 bits per heavy atom. The summed E-state index contributed by atoms with van der Waals surface area (Å²) in [7, 11) is 0. The minimum Gasteiger partial charge on any atom is -0.494 e. The Morgan fingerprint density at radius 2 is 2.35 bits per heavy atom. The highest BCUT2D eigenvalue weighted by atomic mass is 32.2. The third kappa shape index (κ3) is 3.04. The van der Waals surface area contributed by atoms with E-state index >= 15 is 0 Å². The zero-order valence-corrected chi connectivity index (χ0v) is 13.6. The third-order valence-electron chi connectivity index (χ3n) is 3.58. The second kappa shape index (κ2) is 5.82. The molecule has 1 aromatic heterocycles. The summed E-state index contributed by atoms with van der Waals surface area (Å²) in [5.41, 5.74) is 1.05. The quantitative estimate of drug-likeness (QED) is 0.888. The Kier molecular flexibility index (Phi) is 4.08. The fourth-order valence-corrected chi connectivity index (χ4v) is 4.61. The lowest BCUT2D eigenvalue weighted by Gasteiger charge is -2.22. The molecule has 5 heteroatoms. The first kappa shape index (κ1) is 14.0. The molecule has 0 bridgehead atoms. The predicted octanol–water partition coefficient (Wildman–Crippen LogP) is 4.39. The zero-order valence-electron chi connectivity index (χ0n) is 11.9. The summed E-state index contributed by atoms with van der Waals surface area (Å²) >= 11 is 3.78. The van der Waals surface area contributed by atoms with Crippen molar-refractivity contribution < 1.29 is 4.74 Å². The summed E-state index contributed by atoms with van der Waals surface area (Å²) < 4.78 is 7.09. The molecule has 3 rings (SSSR count). The summed E-state index contributed by atoms with van der Waals surface area (Å²) in [5, 5.41) is 4.53. The number of fused-ring (bicyclic) bond motifs is 1. The van der Waals surface area contributed by atoms with Gasteiger partial charge in [0.05, 0.1) is 16.8 Å². The van der Waals surface area contributed by atoms with Crippen LogP contribution in [0.1, 0.15) is 26.7 Å². The Morgan fingerprint density at radius 3 is 3.10 bits per heavy atom. The van der Waals surface area contributed by atoms with Gasteiger partial charge in [-0.2, -0.15) is 11.8 Å². The maximum atomic E-state index is 5.54. The van der Waals surface area contributed by atoms with Crippen molar-refractivity contribution in [3.63, 3.8) is 0 Å². The molecule has 0 saturated carbocycles. The van der Waals surface area contributed by atoms with Gasteiger partial charge in [-0.25, -0.2) is 4.98 Å². The van der Waals surface area contributed by atoms with Gasteiger partial charge in [-0.15, -0.1) is 0 Å². The van der Waals surface area contributed by atoms with E-state index < -0.39 is 0 Å². The number of thiazole rings is 1. The van der Waals surface area contributed by atoms with Crippen LogP contribution < -0.4 is 10.1 Å². The number of thioether (sulfide) groups is 1. The number of hydrogen-bond acceptors (Lipinski definition) is 5. The first-order chi connectivity index (χ1) is 9.68. The molecule has 1 unspecified atom stereocenters. The largest absolute Gasteiger partial charge is 0.494 e. The predicted molar refractivity (Wildman–Crippen MR) is 89.4 cm³/mol. The molecule has 1 aromatic carbocycles. The summed E-state index contributed by atoms with van der Waals surface area (Å²) in [4.78, 5) is 4.65. The Bertz CT molecular complexity index is 591. The molecule has 0 spiro atoms. The van der Waals surface area contributed by atoms with E-state index in [9.17, 15) is 0 Å². The molecule has 0 amide bonds. The van der Waals surface area contributed by atoms with E-state index in [-0.39, 0.29) is 0 Å². The van der Waals surface area contributed by atoms with Crippen molar-refractivity contribution in [2.75, 3.05) is 24.2 Å². The molecule has 1 aliphatic rings. The highest BCUT2D eigenvalue weighted by Gasteiger charge is 2.29. The number of nitrogens with one attached hydrogen (secondary N) is 1. The van der Waals surface area contributed by atoms with Gasteiger partial charge in [0.1, 0.15) is 5.75 Å². The van der Waals surface area contributed by atoms with Crippen LogP contribution >= 0.6 is 23.1 Å². The molecular formula is C15H20N2OS2. The van der Waals surface area contributed by atoms with Crippen molar-refractivity contribution in [1.82, 2.24) is 4.98 Å². The van der Waals surface area contributed by atoms with Gasteiger partial charge in [0.15, 0.2) is 5.13 Å². The number of ether oxygens (including phenoxy) is 1. The third-order valence-corrected chi connectivity index (χ3v) is 6.10. The van der Waals surface area contributed by atoms with E-state index in [1.54, 1.807) is 11.3 Å². The number of nitrogens with zero attached hydrogens (tertiary/aromatic N) is 1. The number of hydrogen-bond donors (Lipinski definition) is 1. The van der Waals surface area contributed by atoms with Crippen LogP contribution in [0.2, 0.25) is 0 Å². The SMILES string of the molecule is CCOc1ccc2nc(NCC3(C)CCCS3)sc2c1. The van der Waals surface area contributed by atoms with Crippen LogP contribution in [0, 0.1) is 0 Å². The van der Waals surface area contributed by atoms with Crippen LogP contribution in [0.4, 0.5) is 5.13 Å². The number of anilines is 1. The van der Waals surface area contributed by atoms with Gasteiger partial charge >= 0.3 is 0 Å². The van der Waals surface area contributed by atoms with E-state index in [0.717, 1.165) is 22.9 Å². The van der Waals surface area contributed by atoms with Gasteiger partial charge in [0.2, 0.25) is 0 Å². The van der Waals surface area contributed by atoms with E-state index in [1.807, 2.05) is 19.1 Å². The zero-order chi connectivity index (χ0) is 14.0. The molecule has 2 heterocycles. The first-order valence-corrected chi connectivity index (χ1v) is 8.90. The summed E-state index contributed by atoms with van der Waals surface area (Å²) in [6.07, 6.45) is 2.63. The van der Waals surface area contributed by atoms with Gasteiger partial charge < -0.3 is 10.1 Å². The standard InChI is InChI=1S/C15H20N2OS2/c1-3-18-11-5-6-12-13(9-11)20-14(17-12)16-10-15(2)7-4-8-19-15/h5-6,9H,3-4,7-8,10H2,1-2H3,(H,16,17). The number of rotatable bonds is 5. The van der Waals surface area contributed by atoms with Crippen LogP contribution in [0.25, 0.3) is 10.2 Å². The van der Waals surface area contributed by atoms with Gasteiger partial charge in [0, 0.05) is 11.3 Å². The highest BCUT2D eigenvalue weighted by Crippen LogP contribution is 2.38.